The largest absolute Gasteiger partial charge is 0.434 e. The van der Waals surface area contributed by atoms with Crippen LogP contribution in [-0.4, -0.2) is 73.4 Å². The van der Waals surface area contributed by atoms with E-state index in [0.29, 0.717) is 25.0 Å². The Hall–Kier alpha value is -2.38. The first-order chi connectivity index (χ1) is 18.7. The standard InChI is InChI=1S/C20H22F9N3O2/c21-18(22,23)14-4-3-13(15(11-14)31-5-1-2-6-31)12-30-7-9-32(10-8-30)17(33)34-16(19(24,25)26)20(27,28)29/h3-4,11,16H,1-2,5-10,12H2/i7D2,8D2,9D2,10D2. The fourth-order valence-corrected chi connectivity index (χ4v) is 3.22. The van der Waals surface area contributed by atoms with Gasteiger partial charge in [0.2, 0.25) is 0 Å². The highest BCUT2D eigenvalue weighted by Crippen LogP contribution is 2.37. The molecule has 0 radical (unpaired) electrons. The van der Waals surface area contributed by atoms with Gasteiger partial charge in [-0.2, -0.15) is 39.5 Å². The highest BCUT2D eigenvalue weighted by atomic mass is 19.4. The van der Waals surface area contributed by atoms with Crippen LogP contribution in [0.15, 0.2) is 18.2 Å². The lowest BCUT2D eigenvalue weighted by Crippen LogP contribution is -2.52. The number of hydrogen-bond donors (Lipinski definition) is 0. The summed E-state index contributed by atoms with van der Waals surface area (Å²) in [5, 5.41) is 0. The van der Waals surface area contributed by atoms with Gasteiger partial charge in [-0.25, -0.2) is 4.79 Å². The number of benzene rings is 1. The normalized spacial score (nSPS) is 28.1. The second-order valence-corrected chi connectivity index (χ2v) is 7.25. The lowest BCUT2D eigenvalue weighted by molar-refractivity contribution is -0.308. The maximum atomic E-state index is 13.4. The third-order valence-electron chi connectivity index (χ3n) is 4.78. The molecule has 2 aliphatic rings. The minimum Gasteiger partial charge on any atom is -0.426 e. The van der Waals surface area contributed by atoms with Crippen LogP contribution >= 0.6 is 0 Å². The van der Waals surface area contributed by atoms with Gasteiger partial charge in [0.1, 0.15) is 0 Å². The minimum absolute atomic E-state index is 0.142. The van der Waals surface area contributed by atoms with E-state index in [1.165, 1.54) is 4.90 Å². The molecule has 0 N–H and O–H groups in total. The molecule has 1 amide bonds. The number of halogens is 9. The molecule has 0 spiro atoms. The molecule has 0 unspecified atom stereocenters. The van der Waals surface area contributed by atoms with E-state index in [4.69, 9.17) is 11.0 Å². The molecule has 2 saturated heterocycles. The Bertz CT molecular complexity index is 1150. The Kier molecular flexibility index (Phi) is 4.88. The highest BCUT2D eigenvalue weighted by Gasteiger charge is 2.60. The van der Waals surface area contributed by atoms with Crippen LogP contribution in [-0.2, 0) is 17.5 Å². The van der Waals surface area contributed by atoms with Crippen LogP contribution in [0.4, 0.5) is 50.0 Å². The second kappa shape index (κ2) is 9.70. The van der Waals surface area contributed by atoms with E-state index < -0.39 is 73.7 Å². The number of piperazine rings is 1. The first kappa shape index (κ1) is 17.1. The smallest absolute Gasteiger partial charge is 0.426 e. The number of ether oxygens (including phenoxy) is 1. The molecule has 1 aromatic rings. The molecule has 192 valence electrons. The molecule has 0 atom stereocenters. The Labute approximate surface area is 200 Å². The van der Waals surface area contributed by atoms with Crippen molar-refractivity contribution in [2.45, 2.75) is 44.0 Å². The van der Waals surface area contributed by atoms with Gasteiger partial charge in [-0.3, -0.25) is 4.90 Å². The van der Waals surface area contributed by atoms with Crippen LogP contribution in [0.1, 0.15) is 34.9 Å². The quantitative estimate of drug-likeness (QED) is 0.526. The van der Waals surface area contributed by atoms with Crippen molar-refractivity contribution in [1.29, 1.82) is 0 Å². The lowest BCUT2D eigenvalue weighted by atomic mass is 10.1. The molecule has 0 aromatic heterocycles. The maximum absolute atomic E-state index is 13.4. The summed E-state index contributed by atoms with van der Waals surface area (Å²) >= 11 is 0. The summed E-state index contributed by atoms with van der Waals surface area (Å²) in [5.74, 6) is 0. The number of alkyl halides is 9. The Morgan fingerprint density at radius 3 is 2.00 bits per heavy atom. The number of hydrogen-bond acceptors (Lipinski definition) is 4. The van der Waals surface area contributed by atoms with Crippen LogP contribution in [0.3, 0.4) is 0 Å². The summed E-state index contributed by atoms with van der Waals surface area (Å²) in [6.45, 7) is -16.9. The van der Waals surface area contributed by atoms with Crippen molar-refractivity contribution < 1.29 is 60.0 Å². The van der Waals surface area contributed by atoms with Crippen LogP contribution in [0.2, 0.25) is 0 Å². The molecule has 34 heavy (non-hydrogen) atoms. The molecule has 2 aliphatic heterocycles. The maximum Gasteiger partial charge on any atom is 0.434 e. The summed E-state index contributed by atoms with van der Waals surface area (Å²) in [6.07, 6.45) is -24.3. The molecular weight excluding hydrogens is 485 g/mol. The van der Waals surface area contributed by atoms with E-state index in [2.05, 4.69) is 4.74 Å². The van der Waals surface area contributed by atoms with E-state index >= 15 is 0 Å². The summed E-state index contributed by atoms with van der Waals surface area (Å²) in [7, 11) is 0. The average molecular weight is 515 g/mol. The van der Waals surface area contributed by atoms with Crippen LogP contribution in [0, 0.1) is 0 Å². The fraction of sp³-hybridized carbons (Fsp3) is 0.650. The van der Waals surface area contributed by atoms with Crippen LogP contribution < -0.4 is 4.90 Å². The molecule has 2 fully saturated rings. The number of carbonyl (C=O) groups excluding carboxylic acids is 1. The minimum atomic E-state index is -6.32. The molecule has 0 bridgehead atoms. The van der Waals surface area contributed by atoms with Crippen molar-refractivity contribution in [3.05, 3.63) is 29.3 Å². The first-order valence-electron chi connectivity index (χ1n) is 13.6. The first-order valence-corrected chi connectivity index (χ1v) is 9.55. The van der Waals surface area contributed by atoms with E-state index in [1.54, 1.807) is 0 Å². The van der Waals surface area contributed by atoms with Gasteiger partial charge in [-0.1, -0.05) is 6.07 Å². The molecule has 0 saturated carbocycles. The van der Waals surface area contributed by atoms with Crippen LogP contribution in [0.5, 0.6) is 0 Å². The van der Waals surface area contributed by atoms with Crippen molar-refractivity contribution in [3.63, 3.8) is 0 Å². The van der Waals surface area contributed by atoms with Crippen molar-refractivity contribution in [2.75, 3.05) is 44.0 Å². The summed E-state index contributed by atoms with van der Waals surface area (Å²) in [5.41, 5.74) is -1.55. The Balaban J connectivity index is 2.10. The van der Waals surface area contributed by atoms with Gasteiger partial charge in [-0.15, -0.1) is 0 Å². The van der Waals surface area contributed by atoms with Crippen LogP contribution in [0.25, 0.3) is 0 Å². The van der Waals surface area contributed by atoms with Gasteiger partial charge < -0.3 is 14.5 Å². The predicted molar refractivity (Wildman–Crippen MR) is 102 cm³/mol. The molecule has 5 nitrogen and oxygen atoms in total. The molecule has 2 heterocycles. The van der Waals surface area contributed by atoms with Gasteiger partial charge >= 0.3 is 24.6 Å². The van der Waals surface area contributed by atoms with E-state index in [-0.39, 0.29) is 29.2 Å². The topological polar surface area (TPSA) is 36.0 Å². The van der Waals surface area contributed by atoms with Gasteiger partial charge in [-0.05, 0) is 30.5 Å². The molecule has 3 rings (SSSR count). The van der Waals surface area contributed by atoms with E-state index in [1.807, 2.05) is 0 Å². The highest BCUT2D eigenvalue weighted by molar-refractivity contribution is 5.68. The molecule has 1 aromatic carbocycles. The van der Waals surface area contributed by atoms with Gasteiger partial charge in [0.05, 0.1) is 11.0 Å². The van der Waals surface area contributed by atoms with Gasteiger partial charge in [0, 0.05) is 56.8 Å². The second-order valence-electron chi connectivity index (χ2n) is 7.25. The van der Waals surface area contributed by atoms with E-state index in [9.17, 15) is 44.3 Å². The lowest BCUT2D eigenvalue weighted by Gasteiger charge is -2.36. The molecule has 14 heteroatoms. The van der Waals surface area contributed by atoms with Crippen molar-refractivity contribution in [1.82, 2.24) is 9.80 Å². The van der Waals surface area contributed by atoms with Crippen molar-refractivity contribution >= 4 is 11.8 Å². The van der Waals surface area contributed by atoms with Gasteiger partial charge in [0.15, 0.2) is 0 Å². The fourth-order valence-electron chi connectivity index (χ4n) is 3.22. The zero-order valence-electron chi connectivity index (χ0n) is 24.9. The number of anilines is 1. The number of carbonyl (C=O) groups is 1. The monoisotopic (exact) mass is 515 g/mol. The molecule has 0 aliphatic carbocycles. The number of nitrogens with zero attached hydrogens (tertiary/aromatic N) is 3. The number of rotatable bonds is 4. The zero-order valence-corrected chi connectivity index (χ0v) is 16.9. The summed E-state index contributed by atoms with van der Waals surface area (Å²) < 4.78 is 187. The summed E-state index contributed by atoms with van der Waals surface area (Å²) in [4.78, 5) is 12.6. The van der Waals surface area contributed by atoms with E-state index in [0.717, 1.165) is 6.07 Å². The Morgan fingerprint density at radius 1 is 0.941 bits per heavy atom. The Morgan fingerprint density at radius 2 is 1.50 bits per heavy atom. The summed E-state index contributed by atoms with van der Waals surface area (Å²) in [6, 6.07) is 2.06. The average Bonchev–Trinajstić information content (AvgIpc) is 3.32. The predicted octanol–water partition coefficient (Wildman–Crippen LogP) is 5.05. The van der Waals surface area contributed by atoms with Crippen molar-refractivity contribution in [2.24, 2.45) is 0 Å². The van der Waals surface area contributed by atoms with Crippen molar-refractivity contribution in [3.8, 4) is 0 Å². The SMILES string of the molecule is [2H]C1([2H])N(Cc2ccc(C(F)(F)F)cc2N2CCCC2)C([2H])([2H])C([2H])([2H])N(C(=O)OC(C(F)(F)F)C(F)(F)F)C1([2H])[2H]. The third-order valence-corrected chi connectivity index (χ3v) is 4.78. The zero-order chi connectivity index (χ0) is 32.5. The number of amides is 1. The third kappa shape index (κ3) is 6.39. The van der Waals surface area contributed by atoms with Gasteiger partial charge in [0.25, 0.3) is 6.10 Å². The molecular formula is C20H22F9N3O2.